The number of nitrogens with one attached hydrogen (secondary N) is 2. The summed E-state index contributed by atoms with van der Waals surface area (Å²) < 4.78 is 0. The minimum Gasteiger partial charge on any atom is -0.368 e. The molecule has 0 saturated carbocycles. The molecule has 1 aromatic heterocycles. The number of aryl methyl sites for hydroxylation is 2. The van der Waals surface area contributed by atoms with E-state index in [0.717, 1.165) is 17.8 Å². The summed E-state index contributed by atoms with van der Waals surface area (Å²) in [7, 11) is 4.14. The molecule has 3 rings (SSSR count). The lowest BCUT2D eigenvalue weighted by molar-refractivity contribution is 0.0940. The number of anilines is 1. The molecule has 2 heterocycles. The summed E-state index contributed by atoms with van der Waals surface area (Å²) in [5, 5.41) is 6.30. The first kappa shape index (κ1) is 17.4. The number of fused-ring (bicyclic) bond motifs is 1. The lowest BCUT2D eigenvalue weighted by atomic mass is 10.0. The number of likely N-dealkylation sites (N-methyl/N-ethyl adjacent to an activating group) is 1. The summed E-state index contributed by atoms with van der Waals surface area (Å²) in [6.07, 6.45) is 0.751. The fourth-order valence-corrected chi connectivity index (χ4v) is 3.13. The van der Waals surface area contributed by atoms with Crippen LogP contribution in [0, 0.1) is 13.8 Å². The van der Waals surface area contributed by atoms with Crippen molar-refractivity contribution in [2.24, 2.45) is 0 Å². The van der Waals surface area contributed by atoms with Crippen LogP contribution in [0.3, 0.4) is 0 Å². The van der Waals surface area contributed by atoms with Crippen LogP contribution in [0.2, 0.25) is 0 Å². The van der Waals surface area contributed by atoms with Crippen molar-refractivity contribution in [2.75, 3.05) is 32.5 Å². The van der Waals surface area contributed by atoms with Gasteiger partial charge in [0.2, 0.25) is 0 Å². The number of nitrogens with zero attached hydrogens (tertiary/aromatic N) is 3. The van der Waals surface area contributed by atoms with E-state index < -0.39 is 0 Å². The Morgan fingerprint density at radius 3 is 2.60 bits per heavy atom. The predicted octanol–water partition coefficient (Wildman–Crippen LogP) is 2.09. The number of aromatic nitrogens is 2. The number of rotatable bonds is 5. The molecule has 6 nitrogen and oxygen atoms in total. The topological polar surface area (TPSA) is 70.1 Å². The maximum absolute atomic E-state index is 12.1. The van der Waals surface area contributed by atoms with E-state index >= 15 is 0 Å². The second kappa shape index (κ2) is 7.19. The van der Waals surface area contributed by atoms with Crippen LogP contribution in [0.5, 0.6) is 0 Å². The molecule has 1 atom stereocenters. The standard InChI is InChI=1S/C19H25N5O/c1-12-5-7-14(8-6-12)16(24(3)4)11-21-18-15-9-10-20-19(25)17(15)22-13(2)23-18/h5-8,16H,9-11H2,1-4H3,(H,20,25)(H,21,22,23). The number of hydrogen-bond donors (Lipinski definition) is 2. The highest BCUT2D eigenvalue weighted by Gasteiger charge is 2.23. The van der Waals surface area contributed by atoms with E-state index in [9.17, 15) is 4.79 Å². The van der Waals surface area contributed by atoms with Gasteiger partial charge in [0.1, 0.15) is 17.3 Å². The molecule has 2 N–H and O–H groups in total. The van der Waals surface area contributed by atoms with Gasteiger partial charge in [0, 0.05) is 18.7 Å². The van der Waals surface area contributed by atoms with E-state index in [-0.39, 0.29) is 11.9 Å². The number of hydrogen-bond acceptors (Lipinski definition) is 5. The molecule has 0 saturated heterocycles. The molecule has 1 aromatic carbocycles. The van der Waals surface area contributed by atoms with Crippen molar-refractivity contribution in [2.45, 2.75) is 26.3 Å². The molecule has 0 fully saturated rings. The van der Waals surface area contributed by atoms with E-state index in [2.05, 4.69) is 70.8 Å². The molecular formula is C19H25N5O. The molecule has 1 aliphatic rings. The normalized spacial score (nSPS) is 14.8. The Hall–Kier alpha value is -2.47. The largest absolute Gasteiger partial charge is 0.368 e. The molecule has 0 bridgehead atoms. The number of carbonyl (C=O) groups is 1. The maximum atomic E-state index is 12.1. The highest BCUT2D eigenvalue weighted by Crippen LogP contribution is 2.23. The predicted molar refractivity (Wildman–Crippen MR) is 98.9 cm³/mol. The van der Waals surface area contributed by atoms with Gasteiger partial charge < -0.3 is 15.5 Å². The lowest BCUT2D eigenvalue weighted by Gasteiger charge is -2.27. The van der Waals surface area contributed by atoms with E-state index in [4.69, 9.17) is 0 Å². The second-order valence-electron chi connectivity index (χ2n) is 6.72. The maximum Gasteiger partial charge on any atom is 0.270 e. The van der Waals surface area contributed by atoms with Crippen LogP contribution >= 0.6 is 0 Å². The Morgan fingerprint density at radius 2 is 1.92 bits per heavy atom. The van der Waals surface area contributed by atoms with Crippen LogP contribution in [0.1, 0.15) is 39.0 Å². The first-order valence-electron chi connectivity index (χ1n) is 8.58. The SMILES string of the molecule is Cc1ccc(C(CNc2nc(C)nc3c2CCNC3=O)N(C)C)cc1. The summed E-state index contributed by atoms with van der Waals surface area (Å²) in [4.78, 5) is 23.1. The highest BCUT2D eigenvalue weighted by molar-refractivity contribution is 5.95. The molecule has 6 heteroatoms. The van der Waals surface area contributed by atoms with Gasteiger partial charge in [-0.3, -0.25) is 4.79 Å². The van der Waals surface area contributed by atoms with Crippen LogP contribution in [-0.4, -0.2) is 48.0 Å². The molecule has 1 unspecified atom stereocenters. The highest BCUT2D eigenvalue weighted by atomic mass is 16.1. The van der Waals surface area contributed by atoms with Crippen LogP contribution in [0.15, 0.2) is 24.3 Å². The van der Waals surface area contributed by atoms with Crippen molar-refractivity contribution in [1.29, 1.82) is 0 Å². The Kier molecular flexibility index (Phi) is 4.99. The average Bonchev–Trinajstić information content (AvgIpc) is 2.57. The minimum absolute atomic E-state index is 0.113. The van der Waals surface area contributed by atoms with Crippen LogP contribution in [-0.2, 0) is 6.42 Å². The molecule has 0 spiro atoms. The molecule has 132 valence electrons. The average molecular weight is 339 g/mol. The molecule has 1 aliphatic heterocycles. The van der Waals surface area contributed by atoms with Crippen molar-refractivity contribution in [3.8, 4) is 0 Å². The Bertz CT molecular complexity index is 770. The third kappa shape index (κ3) is 3.79. The smallest absolute Gasteiger partial charge is 0.270 e. The quantitative estimate of drug-likeness (QED) is 0.873. The lowest BCUT2D eigenvalue weighted by Crippen LogP contribution is -2.34. The molecule has 0 radical (unpaired) electrons. The second-order valence-corrected chi connectivity index (χ2v) is 6.72. The zero-order valence-corrected chi connectivity index (χ0v) is 15.3. The van der Waals surface area contributed by atoms with Gasteiger partial charge in [-0.15, -0.1) is 0 Å². The summed E-state index contributed by atoms with van der Waals surface area (Å²) in [5.74, 6) is 1.27. The zero-order chi connectivity index (χ0) is 18.0. The van der Waals surface area contributed by atoms with Crippen LogP contribution < -0.4 is 10.6 Å². The van der Waals surface area contributed by atoms with Gasteiger partial charge in [-0.1, -0.05) is 29.8 Å². The number of amides is 1. The molecule has 2 aromatic rings. The van der Waals surface area contributed by atoms with Gasteiger partial charge in [-0.25, -0.2) is 9.97 Å². The van der Waals surface area contributed by atoms with E-state index in [1.807, 2.05) is 6.92 Å². The summed E-state index contributed by atoms with van der Waals surface area (Å²) in [6, 6.07) is 8.80. The third-order valence-electron chi connectivity index (χ3n) is 4.54. The summed E-state index contributed by atoms with van der Waals surface area (Å²) in [5.41, 5.74) is 3.91. The van der Waals surface area contributed by atoms with Gasteiger partial charge in [0.25, 0.3) is 5.91 Å². The molecule has 25 heavy (non-hydrogen) atoms. The summed E-state index contributed by atoms with van der Waals surface area (Å²) in [6.45, 7) is 5.24. The van der Waals surface area contributed by atoms with Crippen molar-refractivity contribution >= 4 is 11.7 Å². The Balaban J connectivity index is 1.84. The van der Waals surface area contributed by atoms with E-state index in [1.165, 1.54) is 11.1 Å². The van der Waals surface area contributed by atoms with Crippen molar-refractivity contribution < 1.29 is 4.79 Å². The van der Waals surface area contributed by atoms with Crippen LogP contribution in [0.4, 0.5) is 5.82 Å². The van der Waals surface area contributed by atoms with E-state index in [1.54, 1.807) is 0 Å². The van der Waals surface area contributed by atoms with Gasteiger partial charge in [-0.05, 0) is 39.9 Å². The first-order chi connectivity index (χ1) is 12.0. The minimum atomic E-state index is -0.113. The fourth-order valence-electron chi connectivity index (χ4n) is 3.13. The number of carbonyl (C=O) groups excluding carboxylic acids is 1. The monoisotopic (exact) mass is 339 g/mol. The van der Waals surface area contributed by atoms with Gasteiger partial charge in [0.15, 0.2) is 0 Å². The third-order valence-corrected chi connectivity index (χ3v) is 4.54. The molecule has 1 amide bonds. The summed E-state index contributed by atoms with van der Waals surface area (Å²) >= 11 is 0. The van der Waals surface area contributed by atoms with Crippen molar-refractivity contribution in [1.82, 2.24) is 20.2 Å². The van der Waals surface area contributed by atoms with Crippen LogP contribution in [0.25, 0.3) is 0 Å². The van der Waals surface area contributed by atoms with Gasteiger partial charge in [-0.2, -0.15) is 0 Å². The first-order valence-corrected chi connectivity index (χ1v) is 8.58. The fraction of sp³-hybridized carbons (Fsp3) is 0.421. The van der Waals surface area contributed by atoms with Gasteiger partial charge >= 0.3 is 0 Å². The van der Waals surface area contributed by atoms with Crippen molar-refractivity contribution in [3.05, 3.63) is 52.5 Å². The molecular weight excluding hydrogens is 314 g/mol. The molecule has 0 aliphatic carbocycles. The zero-order valence-electron chi connectivity index (χ0n) is 15.3. The van der Waals surface area contributed by atoms with E-state index in [0.29, 0.717) is 24.6 Å². The van der Waals surface area contributed by atoms with Crippen molar-refractivity contribution in [3.63, 3.8) is 0 Å². The Morgan fingerprint density at radius 1 is 1.20 bits per heavy atom. The Labute approximate surface area is 148 Å². The number of benzene rings is 1. The van der Waals surface area contributed by atoms with Gasteiger partial charge in [0.05, 0.1) is 6.04 Å².